The highest BCUT2D eigenvalue weighted by atomic mass is 16.1. The molecule has 110 valence electrons. The van der Waals surface area contributed by atoms with Gasteiger partial charge in [-0.25, -0.2) is 0 Å². The van der Waals surface area contributed by atoms with Crippen molar-refractivity contribution in [2.24, 2.45) is 0 Å². The van der Waals surface area contributed by atoms with E-state index in [2.05, 4.69) is 10.3 Å². The lowest BCUT2D eigenvalue weighted by Gasteiger charge is -2.06. The van der Waals surface area contributed by atoms with E-state index in [9.17, 15) is 9.59 Å². The maximum Gasteiger partial charge on any atom is 0.228 e. The number of benzene rings is 2. The van der Waals surface area contributed by atoms with Gasteiger partial charge in [-0.2, -0.15) is 0 Å². The van der Waals surface area contributed by atoms with Gasteiger partial charge in [0.2, 0.25) is 5.91 Å². The molecular weight excluding hydrogens is 276 g/mol. The lowest BCUT2D eigenvalue weighted by Crippen LogP contribution is -2.14. The van der Waals surface area contributed by atoms with E-state index in [-0.39, 0.29) is 18.1 Å². The molecule has 0 saturated carbocycles. The quantitative estimate of drug-likeness (QED) is 0.722. The molecule has 1 heterocycles. The topological polar surface area (TPSA) is 62.0 Å². The number of para-hydroxylation sites is 1. The number of anilines is 1. The molecule has 4 heteroatoms. The van der Waals surface area contributed by atoms with Crippen molar-refractivity contribution in [1.82, 2.24) is 4.98 Å². The number of hydrogen-bond donors (Lipinski definition) is 2. The molecule has 0 radical (unpaired) electrons. The van der Waals surface area contributed by atoms with Crippen molar-refractivity contribution in [3.05, 3.63) is 65.9 Å². The van der Waals surface area contributed by atoms with Crippen molar-refractivity contribution < 1.29 is 9.59 Å². The van der Waals surface area contributed by atoms with Gasteiger partial charge in [-0.05, 0) is 30.7 Å². The zero-order valence-electron chi connectivity index (χ0n) is 12.2. The Hall–Kier alpha value is -2.88. The standard InChI is InChI=1S/C18H16N2O2/c1-12(21)13-5-4-6-15(9-13)20-18(22)10-14-11-19-17-8-3-2-7-16(14)17/h2-9,11,19H,10H2,1H3,(H,20,22). The average molecular weight is 292 g/mol. The van der Waals surface area contributed by atoms with Crippen LogP contribution in [0, 0.1) is 0 Å². The lowest BCUT2D eigenvalue weighted by molar-refractivity contribution is -0.115. The summed E-state index contributed by atoms with van der Waals surface area (Å²) in [6.45, 7) is 1.51. The van der Waals surface area contributed by atoms with Crippen LogP contribution in [-0.4, -0.2) is 16.7 Å². The van der Waals surface area contributed by atoms with Crippen molar-refractivity contribution in [1.29, 1.82) is 0 Å². The van der Waals surface area contributed by atoms with Crippen LogP contribution in [0.5, 0.6) is 0 Å². The highest BCUT2D eigenvalue weighted by Gasteiger charge is 2.09. The molecule has 0 aliphatic rings. The lowest BCUT2D eigenvalue weighted by atomic mass is 10.1. The van der Waals surface area contributed by atoms with Gasteiger partial charge in [0.25, 0.3) is 0 Å². The van der Waals surface area contributed by atoms with E-state index in [0.29, 0.717) is 11.3 Å². The molecule has 4 nitrogen and oxygen atoms in total. The number of nitrogens with one attached hydrogen (secondary N) is 2. The van der Waals surface area contributed by atoms with E-state index in [1.807, 2.05) is 30.5 Å². The number of amides is 1. The number of carbonyl (C=O) groups excluding carboxylic acids is 2. The van der Waals surface area contributed by atoms with Crippen LogP contribution in [-0.2, 0) is 11.2 Å². The number of aromatic amines is 1. The zero-order valence-corrected chi connectivity index (χ0v) is 12.2. The molecule has 1 aromatic heterocycles. The highest BCUT2D eigenvalue weighted by molar-refractivity contribution is 5.98. The van der Waals surface area contributed by atoms with Crippen LogP contribution in [0.3, 0.4) is 0 Å². The first-order valence-corrected chi connectivity index (χ1v) is 7.09. The largest absolute Gasteiger partial charge is 0.361 e. The molecule has 3 aromatic rings. The van der Waals surface area contributed by atoms with E-state index >= 15 is 0 Å². The first kappa shape index (κ1) is 14.1. The normalized spacial score (nSPS) is 10.6. The van der Waals surface area contributed by atoms with Crippen molar-refractivity contribution in [2.75, 3.05) is 5.32 Å². The highest BCUT2D eigenvalue weighted by Crippen LogP contribution is 2.19. The molecule has 0 aliphatic heterocycles. The monoisotopic (exact) mass is 292 g/mol. The molecule has 3 rings (SSSR count). The second-order valence-corrected chi connectivity index (χ2v) is 5.22. The molecular formula is C18H16N2O2. The molecule has 0 spiro atoms. The Morgan fingerprint density at radius 2 is 1.91 bits per heavy atom. The summed E-state index contributed by atoms with van der Waals surface area (Å²) in [5.74, 6) is -0.127. The van der Waals surface area contributed by atoms with E-state index in [1.54, 1.807) is 24.3 Å². The molecule has 0 atom stereocenters. The van der Waals surface area contributed by atoms with Gasteiger partial charge in [0.1, 0.15) is 0 Å². The van der Waals surface area contributed by atoms with Gasteiger partial charge in [0.05, 0.1) is 6.42 Å². The van der Waals surface area contributed by atoms with E-state index < -0.39 is 0 Å². The SMILES string of the molecule is CC(=O)c1cccc(NC(=O)Cc2c[nH]c3ccccc23)c1. The summed E-state index contributed by atoms with van der Waals surface area (Å²) in [6.07, 6.45) is 2.14. The van der Waals surface area contributed by atoms with Crippen molar-refractivity contribution in [3.63, 3.8) is 0 Å². The Kier molecular flexibility index (Phi) is 3.74. The second kappa shape index (κ2) is 5.85. The van der Waals surface area contributed by atoms with Gasteiger partial charge in [-0.15, -0.1) is 0 Å². The molecule has 0 unspecified atom stereocenters. The second-order valence-electron chi connectivity index (χ2n) is 5.22. The summed E-state index contributed by atoms with van der Waals surface area (Å²) in [5, 5.41) is 3.89. The minimum atomic E-state index is -0.106. The van der Waals surface area contributed by atoms with Gasteiger partial charge in [-0.3, -0.25) is 9.59 Å². The van der Waals surface area contributed by atoms with Crippen LogP contribution in [0.2, 0.25) is 0 Å². The smallest absolute Gasteiger partial charge is 0.228 e. The minimum absolute atomic E-state index is 0.0206. The predicted octanol–water partition coefficient (Wildman–Crippen LogP) is 3.55. The van der Waals surface area contributed by atoms with Crippen molar-refractivity contribution >= 4 is 28.3 Å². The van der Waals surface area contributed by atoms with E-state index in [1.165, 1.54) is 6.92 Å². The number of carbonyl (C=O) groups is 2. The molecule has 2 aromatic carbocycles. The Balaban J connectivity index is 1.75. The summed E-state index contributed by atoms with van der Waals surface area (Å²) in [4.78, 5) is 26.7. The van der Waals surface area contributed by atoms with Gasteiger partial charge >= 0.3 is 0 Å². The minimum Gasteiger partial charge on any atom is -0.361 e. The maximum atomic E-state index is 12.2. The number of H-pyrrole nitrogens is 1. The first-order valence-electron chi connectivity index (χ1n) is 7.09. The number of ketones is 1. The van der Waals surface area contributed by atoms with E-state index in [4.69, 9.17) is 0 Å². The summed E-state index contributed by atoms with van der Waals surface area (Å²) in [6, 6.07) is 14.8. The third-order valence-corrected chi connectivity index (χ3v) is 3.58. The summed E-state index contributed by atoms with van der Waals surface area (Å²) >= 11 is 0. The Labute approximate surface area is 128 Å². The zero-order chi connectivity index (χ0) is 15.5. The van der Waals surface area contributed by atoms with Crippen LogP contribution in [0.25, 0.3) is 10.9 Å². The van der Waals surface area contributed by atoms with Gasteiger partial charge in [0, 0.05) is 28.4 Å². The molecule has 0 aliphatic carbocycles. The van der Waals surface area contributed by atoms with Gasteiger partial charge in [-0.1, -0.05) is 30.3 Å². The molecule has 1 amide bonds. The summed E-state index contributed by atoms with van der Waals surface area (Å²) in [5.41, 5.74) is 3.20. The number of rotatable bonds is 4. The van der Waals surface area contributed by atoms with Gasteiger partial charge < -0.3 is 10.3 Å². The van der Waals surface area contributed by atoms with Crippen LogP contribution in [0.4, 0.5) is 5.69 Å². The van der Waals surface area contributed by atoms with Gasteiger partial charge in [0.15, 0.2) is 5.78 Å². The molecule has 22 heavy (non-hydrogen) atoms. The van der Waals surface area contributed by atoms with E-state index in [0.717, 1.165) is 16.5 Å². The molecule has 0 saturated heterocycles. The number of aromatic nitrogens is 1. The van der Waals surface area contributed by atoms with Crippen LogP contribution in [0.1, 0.15) is 22.8 Å². The third-order valence-electron chi connectivity index (χ3n) is 3.58. The average Bonchev–Trinajstić information content (AvgIpc) is 2.91. The molecule has 0 fully saturated rings. The third kappa shape index (κ3) is 2.91. The van der Waals surface area contributed by atoms with Crippen LogP contribution < -0.4 is 5.32 Å². The fraction of sp³-hybridized carbons (Fsp3) is 0.111. The Morgan fingerprint density at radius 3 is 2.73 bits per heavy atom. The van der Waals surface area contributed by atoms with Crippen molar-refractivity contribution in [2.45, 2.75) is 13.3 Å². The fourth-order valence-electron chi connectivity index (χ4n) is 2.47. The number of fused-ring (bicyclic) bond motifs is 1. The number of hydrogen-bond acceptors (Lipinski definition) is 2. The fourth-order valence-corrected chi connectivity index (χ4v) is 2.47. The van der Waals surface area contributed by atoms with Crippen LogP contribution in [0.15, 0.2) is 54.7 Å². The Bertz CT molecular complexity index is 849. The molecule has 0 bridgehead atoms. The summed E-state index contributed by atoms with van der Waals surface area (Å²) < 4.78 is 0. The van der Waals surface area contributed by atoms with Crippen LogP contribution >= 0.6 is 0 Å². The first-order chi connectivity index (χ1) is 10.6. The van der Waals surface area contributed by atoms with Crippen molar-refractivity contribution in [3.8, 4) is 0 Å². The molecule has 2 N–H and O–H groups in total. The summed E-state index contributed by atoms with van der Waals surface area (Å²) in [7, 11) is 0. The Morgan fingerprint density at radius 1 is 1.09 bits per heavy atom. The predicted molar refractivity (Wildman–Crippen MR) is 87.1 cm³/mol. The maximum absolute atomic E-state index is 12.2. The number of Topliss-reactive ketones (excluding diaryl/α,β-unsaturated/α-hetero) is 1.